The fourth-order valence-corrected chi connectivity index (χ4v) is 10.7. The fourth-order valence-electron chi connectivity index (χ4n) is 10.7. The first-order chi connectivity index (χ1) is 36.8. The van der Waals surface area contributed by atoms with E-state index in [0.717, 1.165) is 38.5 Å². The minimum absolute atomic E-state index is 0.308. The molecule has 75 heavy (non-hydrogen) atoms. The maximum atomic E-state index is 13.1. The number of aliphatic hydroxyl groups excluding tert-OH is 6. The Bertz CT molecular complexity index is 1250. The Hall–Kier alpha value is -1.37. The lowest BCUT2D eigenvalue weighted by Gasteiger charge is -2.40. The maximum Gasteiger partial charge on any atom is 0.249 e. The van der Waals surface area contributed by atoms with Crippen molar-refractivity contribution >= 4 is 5.91 Å². The van der Waals surface area contributed by atoms with Gasteiger partial charge in [0.2, 0.25) is 5.91 Å². The van der Waals surface area contributed by atoms with Gasteiger partial charge in [0.05, 0.1) is 25.4 Å². The minimum atomic E-state index is -1.61. The summed E-state index contributed by atoms with van der Waals surface area (Å²) in [5.41, 5.74) is 0. The van der Waals surface area contributed by atoms with Crippen molar-refractivity contribution in [3.05, 3.63) is 24.3 Å². The van der Waals surface area contributed by atoms with E-state index in [4.69, 9.17) is 9.47 Å². The van der Waals surface area contributed by atoms with Gasteiger partial charge < -0.3 is 45.4 Å². The molecule has 1 aliphatic heterocycles. The van der Waals surface area contributed by atoms with E-state index >= 15 is 0 Å². The van der Waals surface area contributed by atoms with E-state index in [-0.39, 0.29) is 6.61 Å². The summed E-state index contributed by atoms with van der Waals surface area (Å²) < 4.78 is 11.2. The third kappa shape index (κ3) is 43.2. The van der Waals surface area contributed by atoms with Crippen LogP contribution >= 0.6 is 0 Å². The van der Waals surface area contributed by atoms with Crippen LogP contribution in [0.5, 0.6) is 0 Å². The third-order valence-electron chi connectivity index (χ3n) is 15.9. The molecule has 1 rings (SSSR count). The van der Waals surface area contributed by atoms with Crippen LogP contribution in [0.3, 0.4) is 0 Å². The molecule has 0 aliphatic carbocycles. The number of rotatable bonds is 57. The van der Waals surface area contributed by atoms with E-state index < -0.39 is 61.5 Å². The fraction of sp³-hybridized carbons (Fsp3) is 0.923. The molecule has 1 saturated heterocycles. The number of carbonyl (C=O) groups is 1. The van der Waals surface area contributed by atoms with Gasteiger partial charge in [-0.15, -0.1) is 0 Å². The predicted molar refractivity (Wildman–Crippen MR) is 315 cm³/mol. The van der Waals surface area contributed by atoms with Crippen molar-refractivity contribution in [3.63, 3.8) is 0 Å². The lowest BCUT2D eigenvalue weighted by Crippen LogP contribution is -2.60. The number of hydrogen-bond donors (Lipinski definition) is 7. The van der Waals surface area contributed by atoms with Crippen LogP contribution in [0.25, 0.3) is 0 Å². The number of hydrogen-bond acceptors (Lipinski definition) is 9. The summed E-state index contributed by atoms with van der Waals surface area (Å²) in [4.78, 5) is 13.1. The van der Waals surface area contributed by atoms with E-state index in [2.05, 4.69) is 31.3 Å². The Kier molecular flexibility index (Phi) is 52.1. The van der Waals surface area contributed by atoms with Crippen molar-refractivity contribution in [1.82, 2.24) is 5.32 Å². The van der Waals surface area contributed by atoms with Crippen LogP contribution in [0.2, 0.25) is 0 Å². The van der Waals surface area contributed by atoms with Crippen molar-refractivity contribution in [3.8, 4) is 0 Å². The van der Waals surface area contributed by atoms with Gasteiger partial charge in [-0.1, -0.05) is 314 Å². The second kappa shape index (κ2) is 54.6. The van der Waals surface area contributed by atoms with Crippen molar-refractivity contribution in [1.29, 1.82) is 0 Å². The summed E-state index contributed by atoms with van der Waals surface area (Å²) in [5.74, 6) is -0.621. The zero-order valence-corrected chi connectivity index (χ0v) is 49.2. The Morgan fingerprint density at radius 3 is 1.16 bits per heavy atom. The maximum absolute atomic E-state index is 13.1. The molecule has 1 heterocycles. The predicted octanol–water partition coefficient (Wildman–Crippen LogP) is 15.9. The zero-order valence-electron chi connectivity index (χ0n) is 49.2. The Balaban J connectivity index is 2.04. The quantitative estimate of drug-likeness (QED) is 0.0232. The van der Waals surface area contributed by atoms with Gasteiger partial charge in [-0.3, -0.25) is 4.79 Å². The van der Waals surface area contributed by atoms with Gasteiger partial charge in [0, 0.05) is 0 Å². The molecule has 0 radical (unpaired) electrons. The molecule has 8 unspecified atom stereocenters. The van der Waals surface area contributed by atoms with Crippen molar-refractivity contribution in [2.24, 2.45) is 0 Å². The number of carbonyl (C=O) groups excluding carboxylic acids is 1. The summed E-state index contributed by atoms with van der Waals surface area (Å²) in [7, 11) is 0. The van der Waals surface area contributed by atoms with Crippen LogP contribution in [0.4, 0.5) is 0 Å². The number of amides is 1. The molecular weight excluding hydrogens is 939 g/mol. The average molecular weight is 1060 g/mol. The van der Waals surface area contributed by atoms with Crippen LogP contribution < -0.4 is 5.32 Å². The average Bonchev–Trinajstić information content (AvgIpc) is 3.41. The summed E-state index contributed by atoms with van der Waals surface area (Å²) in [6.07, 6.45) is 60.6. The molecular formula is C65H125NO9. The highest BCUT2D eigenvalue weighted by atomic mass is 16.7. The highest BCUT2D eigenvalue weighted by Crippen LogP contribution is 2.23. The van der Waals surface area contributed by atoms with Crippen molar-refractivity contribution < 1.29 is 44.9 Å². The first-order valence-corrected chi connectivity index (χ1v) is 32.7. The summed E-state index contributed by atoms with van der Waals surface area (Å²) in [5, 5.41) is 64.9. The second-order valence-corrected chi connectivity index (χ2v) is 23.1. The van der Waals surface area contributed by atoms with Crippen LogP contribution in [0.15, 0.2) is 24.3 Å². The van der Waals surface area contributed by atoms with Crippen molar-refractivity contribution in [2.75, 3.05) is 13.2 Å². The van der Waals surface area contributed by atoms with Crippen molar-refractivity contribution in [2.45, 2.75) is 371 Å². The molecule has 1 amide bonds. The number of allylic oxidation sites excluding steroid dienone is 3. The van der Waals surface area contributed by atoms with Gasteiger partial charge in [-0.05, 0) is 32.1 Å². The molecule has 0 spiro atoms. The van der Waals surface area contributed by atoms with Crippen LogP contribution in [-0.2, 0) is 14.3 Å². The van der Waals surface area contributed by atoms with E-state index in [9.17, 15) is 35.4 Å². The molecule has 0 aromatic rings. The first kappa shape index (κ1) is 71.6. The summed E-state index contributed by atoms with van der Waals surface area (Å²) >= 11 is 0. The second-order valence-electron chi connectivity index (χ2n) is 23.1. The van der Waals surface area contributed by atoms with Crippen LogP contribution in [-0.4, -0.2) is 98.7 Å². The standard InChI is InChI=1S/C65H125NO9/c1-3-5-7-9-11-13-15-17-18-19-20-21-22-23-24-25-26-27-28-29-30-31-32-33-34-35-36-37-38-39-40-41-42-44-46-48-50-52-54-59(69)64(73)66-57(56-74-65-63(72)62(71)61(70)60(55-67)75-65)58(68)53-51-49-47-45-43-16-14-12-10-8-6-4-2/h43,45,51,53,57-63,65,67-72H,3-42,44,46-50,52,54-56H2,1-2H3,(H,66,73)/b45-43+,53-51+. The summed E-state index contributed by atoms with van der Waals surface area (Å²) in [6.45, 7) is 3.61. The molecule has 8 atom stereocenters. The van der Waals surface area contributed by atoms with E-state index in [1.165, 1.54) is 257 Å². The SMILES string of the molecule is CCCCCCCC/C=C/CC/C=C/C(O)C(COC1OC(CO)C(O)C(O)C1O)NC(=O)C(O)CCCCCCCCCCCCCCCCCCCCCCCCCCCCCCCCCCCCCCCC. The number of aliphatic hydroxyl groups is 6. The molecule has 7 N–H and O–H groups in total. The van der Waals surface area contributed by atoms with Crippen LogP contribution in [0, 0.1) is 0 Å². The lowest BCUT2D eigenvalue weighted by atomic mass is 9.99. The molecule has 10 nitrogen and oxygen atoms in total. The Morgan fingerprint density at radius 1 is 0.453 bits per heavy atom. The molecule has 1 aliphatic rings. The summed E-state index contributed by atoms with van der Waals surface area (Å²) in [6, 6.07) is -0.994. The highest BCUT2D eigenvalue weighted by Gasteiger charge is 2.44. The van der Waals surface area contributed by atoms with E-state index in [1.807, 2.05) is 6.08 Å². The molecule has 0 bridgehead atoms. The first-order valence-electron chi connectivity index (χ1n) is 32.7. The molecule has 0 aromatic heterocycles. The van der Waals surface area contributed by atoms with Gasteiger partial charge in [0.15, 0.2) is 6.29 Å². The van der Waals surface area contributed by atoms with E-state index in [1.54, 1.807) is 6.08 Å². The lowest BCUT2D eigenvalue weighted by molar-refractivity contribution is -0.302. The molecule has 1 fully saturated rings. The molecule has 0 saturated carbocycles. The largest absolute Gasteiger partial charge is 0.394 e. The van der Waals surface area contributed by atoms with Gasteiger partial charge in [0.25, 0.3) is 0 Å². The topological polar surface area (TPSA) is 169 Å². The third-order valence-corrected chi connectivity index (χ3v) is 15.9. The molecule has 444 valence electrons. The van der Waals surface area contributed by atoms with Gasteiger partial charge >= 0.3 is 0 Å². The number of unbranched alkanes of at least 4 members (excludes halogenated alkanes) is 44. The number of nitrogens with one attached hydrogen (secondary N) is 1. The normalized spacial score (nSPS) is 19.4. The monoisotopic (exact) mass is 1060 g/mol. The van der Waals surface area contributed by atoms with Crippen LogP contribution in [0.1, 0.15) is 322 Å². The minimum Gasteiger partial charge on any atom is -0.394 e. The van der Waals surface area contributed by atoms with Gasteiger partial charge in [0.1, 0.15) is 30.5 Å². The Morgan fingerprint density at radius 2 is 0.787 bits per heavy atom. The van der Waals surface area contributed by atoms with E-state index in [0.29, 0.717) is 12.8 Å². The van der Waals surface area contributed by atoms with Gasteiger partial charge in [-0.25, -0.2) is 0 Å². The molecule has 10 heteroatoms. The Labute approximate surface area is 462 Å². The van der Waals surface area contributed by atoms with Gasteiger partial charge in [-0.2, -0.15) is 0 Å². The smallest absolute Gasteiger partial charge is 0.249 e. The highest BCUT2D eigenvalue weighted by molar-refractivity contribution is 5.80. The number of ether oxygens (including phenoxy) is 2. The molecule has 0 aromatic carbocycles. The zero-order chi connectivity index (χ0) is 54.5.